The average Bonchev–Trinajstić information content (AvgIpc) is 2.17. The van der Waals surface area contributed by atoms with Gasteiger partial charge in [0.15, 0.2) is 0 Å². The molecule has 76 valence electrons. The molecule has 0 amide bonds. The summed E-state index contributed by atoms with van der Waals surface area (Å²) in [7, 11) is 0. The molecule has 0 aliphatic carbocycles. The highest BCUT2D eigenvalue weighted by Crippen LogP contribution is 2.25. The zero-order chi connectivity index (χ0) is 9.26. The van der Waals surface area contributed by atoms with Crippen LogP contribution < -0.4 is 4.74 Å². The van der Waals surface area contributed by atoms with Gasteiger partial charge in [0.25, 0.3) is 0 Å². The van der Waals surface area contributed by atoms with Gasteiger partial charge in [-0.3, -0.25) is 0 Å². The van der Waals surface area contributed by atoms with E-state index >= 15 is 0 Å². The highest BCUT2D eigenvalue weighted by molar-refractivity contribution is 7.59. The number of carboxylic acid groups (broad SMARTS) is 1. The van der Waals surface area contributed by atoms with Gasteiger partial charge in [0, 0.05) is 0 Å². The number of carbonyl (C=O) groups is 1. The van der Waals surface area contributed by atoms with E-state index in [2.05, 4.69) is 0 Å². The fraction of sp³-hybridized carbons (Fsp3) is 0.300. The maximum Gasteiger partial charge on any atom is 0.335 e. The molecule has 1 aromatic rings. The van der Waals surface area contributed by atoms with E-state index in [0.717, 1.165) is 24.2 Å². The summed E-state index contributed by atoms with van der Waals surface area (Å²) in [6.07, 6.45) is 1.99. The van der Waals surface area contributed by atoms with E-state index in [-0.39, 0.29) is 13.5 Å². The van der Waals surface area contributed by atoms with Gasteiger partial charge in [0.1, 0.15) is 5.75 Å². The van der Waals surface area contributed by atoms with E-state index in [1.54, 1.807) is 12.1 Å². The summed E-state index contributed by atoms with van der Waals surface area (Å²) in [5.74, 6) is -0.178. The fourth-order valence-corrected chi connectivity index (χ4v) is 1.47. The van der Waals surface area contributed by atoms with Crippen LogP contribution in [0.4, 0.5) is 0 Å². The van der Waals surface area contributed by atoms with Gasteiger partial charge in [-0.2, -0.15) is 13.5 Å². The Labute approximate surface area is 89.1 Å². The molecule has 0 unspecified atom stereocenters. The Morgan fingerprint density at radius 2 is 2.21 bits per heavy atom. The summed E-state index contributed by atoms with van der Waals surface area (Å²) in [5.41, 5.74) is 1.40. The molecule has 1 N–H and O–H groups in total. The standard InChI is InChI=1S/C10H10O3.H2S/c11-10(12)8-4-3-7-2-1-5-13-9(7)6-8;/h3-4,6H,1-2,5H2,(H,11,12);1H2. The van der Waals surface area contributed by atoms with E-state index < -0.39 is 5.97 Å². The lowest BCUT2D eigenvalue weighted by Crippen LogP contribution is -2.09. The first kappa shape index (κ1) is 10.9. The lowest BCUT2D eigenvalue weighted by molar-refractivity contribution is 0.0696. The minimum absolute atomic E-state index is 0. The van der Waals surface area contributed by atoms with Crippen LogP contribution in [0, 0.1) is 0 Å². The van der Waals surface area contributed by atoms with Crippen LogP contribution in [-0.4, -0.2) is 17.7 Å². The van der Waals surface area contributed by atoms with Crippen LogP contribution in [-0.2, 0) is 6.42 Å². The molecule has 0 radical (unpaired) electrons. The van der Waals surface area contributed by atoms with Crippen molar-refractivity contribution < 1.29 is 14.6 Å². The van der Waals surface area contributed by atoms with Gasteiger partial charge < -0.3 is 9.84 Å². The number of aromatic carboxylic acids is 1. The third kappa shape index (κ3) is 2.01. The predicted molar refractivity (Wildman–Crippen MR) is 57.6 cm³/mol. The quantitative estimate of drug-likeness (QED) is 0.772. The summed E-state index contributed by atoms with van der Waals surface area (Å²) < 4.78 is 5.35. The molecule has 0 spiro atoms. The van der Waals surface area contributed by atoms with Crippen molar-refractivity contribution in [1.82, 2.24) is 0 Å². The van der Waals surface area contributed by atoms with Crippen molar-refractivity contribution in [2.75, 3.05) is 6.61 Å². The highest BCUT2D eigenvalue weighted by atomic mass is 32.1. The van der Waals surface area contributed by atoms with Gasteiger partial charge in [-0.1, -0.05) is 6.07 Å². The van der Waals surface area contributed by atoms with E-state index in [4.69, 9.17) is 9.84 Å². The molecule has 2 rings (SSSR count). The summed E-state index contributed by atoms with van der Waals surface area (Å²) in [4.78, 5) is 10.6. The van der Waals surface area contributed by atoms with Crippen LogP contribution in [0.25, 0.3) is 0 Å². The molecule has 0 bridgehead atoms. The molecule has 1 aromatic carbocycles. The Morgan fingerprint density at radius 3 is 2.93 bits per heavy atom. The SMILES string of the molecule is O=C(O)c1ccc2c(c1)OCCC2.S. The molecule has 1 aliphatic rings. The number of carboxylic acids is 1. The molecule has 0 fully saturated rings. The maximum absolute atomic E-state index is 10.6. The van der Waals surface area contributed by atoms with Crippen LogP contribution in [0.15, 0.2) is 18.2 Å². The molecule has 0 atom stereocenters. The molecule has 1 heterocycles. The molecule has 0 saturated heterocycles. The van der Waals surface area contributed by atoms with Gasteiger partial charge in [0.2, 0.25) is 0 Å². The minimum atomic E-state index is -0.906. The van der Waals surface area contributed by atoms with Crippen LogP contribution >= 0.6 is 13.5 Å². The Morgan fingerprint density at radius 1 is 1.43 bits per heavy atom. The van der Waals surface area contributed by atoms with Gasteiger partial charge >= 0.3 is 5.97 Å². The van der Waals surface area contributed by atoms with Crippen molar-refractivity contribution in [2.24, 2.45) is 0 Å². The smallest absolute Gasteiger partial charge is 0.335 e. The maximum atomic E-state index is 10.6. The number of rotatable bonds is 1. The number of hydrogen-bond acceptors (Lipinski definition) is 2. The second-order valence-electron chi connectivity index (χ2n) is 3.08. The van der Waals surface area contributed by atoms with Crippen molar-refractivity contribution >= 4 is 19.5 Å². The number of ether oxygens (including phenoxy) is 1. The monoisotopic (exact) mass is 212 g/mol. The van der Waals surface area contributed by atoms with Crippen LogP contribution in [0.3, 0.4) is 0 Å². The first-order chi connectivity index (χ1) is 6.27. The molecule has 3 nitrogen and oxygen atoms in total. The fourth-order valence-electron chi connectivity index (χ4n) is 1.47. The molecular weight excluding hydrogens is 200 g/mol. The van der Waals surface area contributed by atoms with E-state index in [0.29, 0.717) is 12.2 Å². The second kappa shape index (κ2) is 4.37. The molecular formula is C10H12O3S. The molecule has 0 saturated carbocycles. The van der Waals surface area contributed by atoms with Crippen molar-refractivity contribution in [3.05, 3.63) is 29.3 Å². The summed E-state index contributed by atoms with van der Waals surface area (Å²) in [5, 5.41) is 8.73. The topological polar surface area (TPSA) is 46.5 Å². The normalized spacial score (nSPS) is 13.4. The van der Waals surface area contributed by atoms with Crippen molar-refractivity contribution in [3.63, 3.8) is 0 Å². The second-order valence-corrected chi connectivity index (χ2v) is 3.08. The van der Waals surface area contributed by atoms with Crippen LogP contribution in [0.5, 0.6) is 5.75 Å². The lowest BCUT2D eigenvalue weighted by atomic mass is 10.0. The largest absolute Gasteiger partial charge is 0.493 e. The van der Waals surface area contributed by atoms with E-state index in [9.17, 15) is 4.79 Å². The summed E-state index contributed by atoms with van der Waals surface area (Å²) >= 11 is 0. The number of fused-ring (bicyclic) bond motifs is 1. The Hall–Kier alpha value is -1.16. The van der Waals surface area contributed by atoms with Gasteiger partial charge in [-0.25, -0.2) is 4.79 Å². The van der Waals surface area contributed by atoms with Crippen molar-refractivity contribution in [3.8, 4) is 5.75 Å². The van der Waals surface area contributed by atoms with Crippen molar-refractivity contribution in [1.29, 1.82) is 0 Å². The Balaban J connectivity index is 0.000000980. The third-order valence-corrected chi connectivity index (χ3v) is 2.16. The average molecular weight is 212 g/mol. The van der Waals surface area contributed by atoms with Gasteiger partial charge in [-0.15, -0.1) is 0 Å². The number of hydrogen-bond donors (Lipinski definition) is 1. The van der Waals surface area contributed by atoms with Crippen molar-refractivity contribution in [2.45, 2.75) is 12.8 Å². The predicted octanol–water partition coefficient (Wildman–Crippen LogP) is 1.82. The lowest BCUT2D eigenvalue weighted by Gasteiger charge is -2.16. The highest BCUT2D eigenvalue weighted by Gasteiger charge is 2.12. The van der Waals surface area contributed by atoms with Gasteiger partial charge in [0.05, 0.1) is 12.2 Å². The Bertz CT molecular complexity index is 349. The van der Waals surface area contributed by atoms with Gasteiger partial charge in [-0.05, 0) is 30.5 Å². The summed E-state index contributed by atoms with van der Waals surface area (Å²) in [6, 6.07) is 5.05. The molecule has 1 aliphatic heterocycles. The van der Waals surface area contributed by atoms with Crippen LogP contribution in [0.1, 0.15) is 22.3 Å². The van der Waals surface area contributed by atoms with E-state index in [1.807, 2.05) is 6.07 Å². The molecule has 4 heteroatoms. The van der Waals surface area contributed by atoms with E-state index in [1.165, 1.54) is 0 Å². The minimum Gasteiger partial charge on any atom is -0.493 e. The Kier molecular flexibility index (Phi) is 3.41. The third-order valence-electron chi connectivity index (χ3n) is 2.16. The zero-order valence-electron chi connectivity index (χ0n) is 7.62. The number of benzene rings is 1. The first-order valence-corrected chi connectivity index (χ1v) is 4.26. The molecule has 14 heavy (non-hydrogen) atoms. The first-order valence-electron chi connectivity index (χ1n) is 4.26. The zero-order valence-corrected chi connectivity index (χ0v) is 8.62. The number of aryl methyl sites for hydroxylation is 1. The summed E-state index contributed by atoms with van der Waals surface area (Å²) in [6.45, 7) is 0.691. The molecule has 0 aromatic heterocycles. The van der Waals surface area contributed by atoms with Crippen LogP contribution in [0.2, 0.25) is 0 Å².